The van der Waals surface area contributed by atoms with Gasteiger partial charge < -0.3 is 14.2 Å². The number of ether oxygens (including phenoxy) is 3. The second-order valence-corrected chi connectivity index (χ2v) is 18.9. The van der Waals surface area contributed by atoms with Crippen molar-refractivity contribution in [2.75, 3.05) is 13.2 Å². The molecule has 0 amide bonds. The average Bonchev–Trinajstić information content (AvgIpc) is 3.35. The first-order chi connectivity index (χ1) is 34.0. The minimum atomic E-state index is -0.801. The lowest BCUT2D eigenvalue weighted by molar-refractivity contribution is -0.167. The molecule has 1 unspecified atom stereocenters. The smallest absolute Gasteiger partial charge is 0.306 e. The predicted molar refractivity (Wildman–Crippen MR) is 297 cm³/mol. The Labute approximate surface area is 426 Å². The van der Waals surface area contributed by atoms with Crippen LogP contribution in [0.25, 0.3) is 0 Å². The van der Waals surface area contributed by atoms with Crippen molar-refractivity contribution < 1.29 is 28.6 Å². The zero-order valence-corrected chi connectivity index (χ0v) is 45.0. The van der Waals surface area contributed by atoms with E-state index in [4.69, 9.17) is 14.2 Å². The first-order valence-corrected chi connectivity index (χ1v) is 28.8. The number of esters is 3. The van der Waals surface area contributed by atoms with E-state index in [2.05, 4.69) is 118 Å². The molecule has 0 rings (SSSR count). The maximum absolute atomic E-state index is 12.9. The molecule has 0 spiro atoms. The summed E-state index contributed by atoms with van der Waals surface area (Å²) in [5, 5.41) is 0. The number of rotatable bonds is 51. The molecule has 6 heteroatoms. The van der Waals surface area contributed by atoms with Gasteiger partial charge in [-0.15, -0.1) is 0 Å². The first kappa shape index (κ1) is 65.3. The standard InChI is InChI=1S/C63H106O6/c1-4-7-10-13-16-19-22-25-28-31-33-35-38-41-44-47-50-53-56-62(65)68-59-60(58-67-61(64)55-52-49-46-43-40-37-34-30-27-24-21-18-15-12-9-6-3)69-63(66)57-54-51-48-45-42-39-36-32-29-26-23-20-17-14-11-8-5-2/h9,12,16,18-19,21-22,25,27-28,30-31,33,35,37,40,60H,4-8,10-11,13-15,17,20,23-24,26,29,32,34,36,38-39,41-59H2,1-3H3/b12-9-,19-16-,21-18-,25-22-,30-27-,31-28-,35-33-,40-37-. The maximum atomic E-state index is 12.9. The maximum Gasteiger partial charge on any atom is 0.306 e. The summed E-state index contributed by atoms with van der Waals surface area (Å²) in [6.07, 6.45) is 75.3. The fraction of sp³-hybridized carbons (Fsp3) is 0.698. The van der Waals surface area contributed by atoms with E-state index in [-0.39, 0.29) is 31.1 Å². The summed E-state index contributed by atoms with van der Waals surface area (Å²) in [4.78, 5) is 38.2. The van der Waals surface area contributed by atoms with Crippen LogP contribution in [0.2, 0.25) is 0 Å². The van der Waals surface area contributed by atoms with Crippen molar-refractivity contribution >= 4 is 17.9 Å². The van der Waals surface area contributed by atoms with Crippen LogP contribution in [0, 0.1) is 0 Å². The van der Waals surface area contributed by atoms with Gasteiger partial charge in [0, 0.05) is 19.3 Å². The Morgan fingerprint density at radius 2 is 0.623 bits per heavy atom. The normalized spacial score (nSPS) is 12.8. The average molecular weight is 960 g/mol. The lowest BCUT2D eigenvalue weighted by Crippen LogP contribution is -2.30. The Balaban J connectivity index is 4.48. The highest BCUT2D eigenvalue weighted by Crippen LogP contribution is 2.16. The Morgan fingerprint density at radius 3 is 1.06 bits per heavy atom. The van der Waals surface area contributed by atoms with Gasteiger partial charge in [0.05, 0.1) is 0 Å². The summed E-state index contributed by atoms with van der Waals surface area (Å²) in [5.74, 6) is -0.945. The summed E-state index contributed by atoms with van der Waals surface area (Å²) in [6, 6.07) is 0. The molecule has 0 aliphatic rings. The van der Waals surface area contributed by atoms with E-state index < -0.39 is 6.10 Å². The zero-order chi connectivity index (χ0) is 50.0. The molecule has 0 bridgehead atoms. The molecule has 0 heterocycles. The molecule has 1 atom stereocenters. The van der Waals surface area contributed by atoms with Crippen molar-refractivity contribution in [3.05, 3.63) is 97.2 Å². The number of carbonyl (C=O) groups is 3. The van der Waals surface area contributed by atoms with Gasteiger partial charge in [-0.1, -0.05) is 259 Å². The van der Waals surface area contributed by atoms with E-state index in [0.29, 0.717) is 19.3 Å². The van der Waals surface area contributed by atoms with Crippen LogP contribution in [-0.2, 0) is 28.6 Å². The van der Waals surface area contributed by atoms with Crippen LogP contribution in [0.3, 0.4) is 0 Å². The Bertz CT molecular complexity index is 1380. The quantitative estimate of drug-likeness (QED) is 0.0199. The van der Waals surface area contributed by atoms with Crippen molar-refractivity contribution in [3.8, 4) is 0 Å². The second kappa shape index (κ2) is 56.9. The molecule has 0 saturated carbocycles. The fourth-order valence-corrected chi connectivity index (χ4v) is 7.86. The molecule has 0 aromatic carbocycles. The molecule has 394 valence electrons. The van der Waals surface area contributed by atoms with Crippen molar-refractivity contribution in [3.63, 3.8) is 0 Å². The van der Waals surface area contributed by atoms with Crippen LogP contribution in [0.5, 0.6) is 0 Å². The molecular formula is C63H106O6. The van der Waals surface area contributed by atoms with Gasteiger partial charge in [0.1, 0.15) is 13.2 Å². The summed E-state index contributed by atoms with van der Waals surface area (Å²) in [5.41, 5.74) is 0. The number of carbonyl (C=O) groups excluding carboxylic acids is 3. The highest BCUT2D eigenvalue weighted by Gasteiger charge is 2.19. The summed E-state index contributed by atoms with van der Waals surface area (Å²) in [6.45, 7) is 6.46. The third-order valence-corrected chi connectivity index (χ3v) is 12.2. The molecule has 0 radical (unpaired) electrons. The van der Waals surface area contributed by atoms with Gasteiger partial charge in [0.15, 0.2) is 6.10 Å². The number of unbranched alkanes of at least 4 members (excludes halogenated alkanes) is 27. The predicted octanol–water partition coefficient (Wildman–Crippen LogP) is 19.3. The van der Waals surface area contributed by atoms with Gasteiger partial charge in [-0.05, 0) is 83.5 Å². The summed E-state index contributed by atoms with van der Waals surface area (Å²) in [7, 11) is 0. The minimum Gasteiger partial charge on any atom is -0.462 e. The molecule has 6 nitrogen and oxygen atoms in total. The second-order valence-electron chi connectivity index (χ2n) is 18.9. The number of allylic oxidation sites excluding steroid dienone is 16. The molecular weight excluding hydrogens is 853 g/mol. The van der Waals surface area contributed by atoms with Gasteiger partial charge in [-0.25, -0.2) is 0 Å². The topological polar surface area (TPSA) is 78.9 Å². The van der Waals surface area contributed by atoms with Crippen molar-refractivity contribution in [1.29, 1.82) is 0 Å². The third kappa shape index (κ3) is 55.1. The molecule has 0 aromatic heterocycles. The minimum absolute atomic E-state index is 0.0991. The molecule has 0 aromatic rings. The summed E-state index contributed by atoms with van der Waals surface area (Å²) < 4.78 is 16.8. The fourth-order valence-electron chi connectivity index (χ4n) is 7.86. The van der Waals surface area contributed by atoms with Gasteiger partial charge in [-0.3, -0.25) is 14.4 Å². The third-order valence-electron chi connectivity index (χ3n) is 12.2. The van der Waals surface area contributed by atoms with Gasteiger partial charge >= 0.3 is 17.9 Å². The highest BCUT2D eigenvalue weighted by atomic mass is 16.6. The lowest BCUT2D eigenvalue weighted by atomic mass is 10.0. The van der Waals surface area contributed by atoms with Gasteiger partial charge in [0.25, 0.3) is 0 Å². The Morgan fingerprint density at radius 1 is 0.319 bits per heavy atom. The molecule has 0 aliphatic heterocycles. The van der Waals surface area contributed by atoms with Crippen LogP contribution in [0.1, 0.15) is 265 Å². The van der Waals surface area contributed by atoms with E-state index >= 15 is 0 Å². The van der Waals surface area contributed by atoms with Crippen molar-refractivity contribution in [2.24, 2.45) is 0 Å². The van der Waals surface area contributed by atoms with E-state index in [1.54, 1.807) is 0 Å². The van der Waals surface area contributed by atoms with Crippen LogP contribution >= 0.6 is 0 Å². The van der Waals surface area contributed by atoms with Crippen LogP contribution in [0.4, 0.5) is 0 Å². The van der Waals surface area contributed by atoms with E-state index in [9.17, 15) is 14.4 Å². The highest BCUT2D eigenvalue weighted by molar-refractivity contribution is 5.71. The molecule has 0 N–H and O–H groups in total. The number of hydrogen-bond donors (Lipinski definition) is 0. The lowest BCUT2D eigenvalue weighted by Gasteiger charge is -2.18. The molecule has 69 heavy (non-hydrogen) atoms. The Hall–Kier alpha value is -3.67. The molecule has 0 fully saturated rings. The monoisotopic (exact) mass is 959 g/mol. The van der Waals surface area contributed by atoms with E-state index in [1.165, 1.54) is 109 Å². The molecule has 0 saturated heterocycles. The van der Waals surface area contributed by atoms with E-state index in [1.807, 2.05) is 0 Å². The van der Waals surface area contributed by atoms with Crippen LogP contribution < -0.4 is 0 Å². The Kier molecular flexibility index (Phi) is 53.9. The van der Waals surface area contributed by atoms with Crippen molar-refractivity contribution in [1.82, 2.24) is 0 Å². The van der Waals surface area contributed by atoms with Crippen LogP contribution in [0.15, 0.2) is 97.2 Å². The van der Waals surface area contributed by atoms with E-state index in [0.717, 1.165) is 116 Å². The number of hydrogen-bond acceptors (Lipinski definition) is 6. The summed E-state index contributed by atoms with van der Waals surface area (Å²) >= 11 is 0. The largest absolute Gasteiger partial charge is 0.462 e. The zero-order valence-electron chi connectivity index (χ0n) is 45.0. The first-order valence-electron chi connectivity index (χ1n) is 28.8. The molecule has 0 aliphatic carbocycles. The van der Waals surface area contributed by atoms with Crippen molar-refractivity contribution in [2.45, 2.75) is 271 Å². The van der Waals surface area contributed by atoms with Crippen LogP contribution in [-0.4, -0.2) is 37.2 Å². The SMILES string of the molecule is CC/C=C\C/C=C\C/C=C\C/C=C\CCCCCC(=O)OCC(COC(=O)CCCCCCC\C=C/C=C\C=C/C=C\CCCCC)OC(=O)CCCCCCCCCCCCCCCCCCC. The van der Waals surface area contributed by atoms with Gasteiger partial charge in [-0.2, -0.15) is 0 Å². The van der Waals surface area contributed by atoms with Gasteiger partial charge in [0.2, 0.25) is 0 Å².